The van der Waals surface area contributed by atoms with Gasteiger partial charge in [-0.1, -0.05) is 13.8 Å². The maximum Gasteiger partial charge on any atom is 0.227 e. The molecule has 0 aliphatic rings. The number of hydrogen-bond acceptors (Lipinski definition) is 4. The van der Waals surface area contributed by atoms with Crippen LogP contribution in [0.5, 0.6) is 5.75 Å². The van der Waals surface area contributed by atoms with E-state index in [4.69, 9.17) is 10.5 Å². The van der Waals surface area contributed by atoms with Crippen molar-refractivity contribution in [2.75, 3.05) is 13.7 Å². The first kappa shape index (κ1) is 18.0. The Morgan fingerprint density at radius 1 is 1.25 bits per heavy atom. The lowest BCUT2D eigenvalue weighted by Gasteiger charge is -2.28. The number of nitrogens with one attached hydrogen (secondary N) is 1. The zero-order valence-electron chi connectivity index (χ0n) is 14.6. The standard InChI is InChI=1S/C18H26N4O2/c1-4-18(5-2,13-19)17(23)20-12-14-10-11-22(21-14)15-6-8-16(24-3)9-7-15/h6-11H,4-5,12-13,19H2,1-3H3,(H,20,23). The van der Waals surface area contributed by atoms with E-state index >= 15 is 0 Å². The summed E-state index contributed by atoms with van der Waals surface area (Å²) in [6.45, 7) is 4.73. The van der Waals surface area contributed by atoms with Crippen molar-refractivity contribution < 1.29 is 9.53 Å². The van der Waals surface area contributed by atoms with E-state index in [2.05, 4.69) is 10.4 Å². The van der Waals surface area contributed by atoms with E-state index in [0.29, 0.717) is 13.1 Å². The third-order valence-corrected chi connectivity index (χ3v) is 4.64. The molecule has 1 amide bonds. The first-order valence-electron chi connectivity index (χ1n) is 8.26. The number of nitrogens with zero attached hydrogens (tertiary/aromatic N) is 2. The molecule has 0 aliphatic carbocycles. The highest BCUT2D eigenvalue weighted by Crippen LogP contribution is 2.25. The molecule has 0 fully saturated rings. The Morgan fingerprint density at radius 2 is 1.92 bits per heavy atom. The van der Waals surface area contributed by atoms with E-state index in [1.807, 2.05) is 50.4 Å². The second kappa shape index (κ2) is 7.97. The van der Waals surface area contributed by atoms with Crippen LogP contribution in [0, 0.1) is 5.41 Å². The van der Waals surface area contributed by atoms with Crippen molar-refractivity contribution in [1.82, 2.24) is 15.1 Å². The molecular weight excluding hydrogens is 304 g/mol. The second-order valence-electron chi connectivity index (χ2n) is 5.82. The number of amides is 1. The quantitative estimate of drug-likeness (QED) is 0.778. The fraction of sp³-hybridized carbons (Fsp3) is 0.444. The van der Waals surface area contributed by atoms with Gasteiger partial charge in [-0.15, -0.1) is 0 Å². The molecule has 0 radical (unpaired) electrons. The third-order valence-electron chi connectivity index (χ3n) is 4.64. The lowest BCUT2D eigenvalue weighted by atomic mass is 9.81. The number of ether oxygens (including phenoxy) is 1. The van der Waals surface area contributed by atoms with Crippen LogP contribution < -0.4 is 15.8 Å². The number of nitrogens with two attached hydrogens (primary N) is 1. The summed E-state index contributed by atoms with van der Waals surface area (Å²) in [5.74, 6) is 0.796. The molecule has 130 valence electrons. The molecule has 2 aromatic rings. The summed E-state index contributed by atoms with van der Waals surface area (Å²) in [7, 11) is 1.64. The van der Waals surface area contributed by atoms with Gasteiger partial charge in [0.05, 0.1) is 30.5 Å². The van der Waals surface area contributed by atoms with Crippen molar-refractivity contribution in [1.29, 1.82) is 0 Å². The predicted octanol–water partition coefficient (Wildman–Crippen LogP) is 2.26. The number of aromatic nitrogens is 2. The average Bonchev–Trinajstić information content (AvgIpc) is 3.11. The minimum absolute atomic E-state index is 0.00556. The Morgan fingerprint density at radius 3 is 2.46 bits per heavy atom. The number of rotatable bonds is 8. The zero-order valence-corrected chi connectivity index (χ0v) is 14.6. The van der Waals surface area contributed by atoms with Crippen molar-refractivity contribution >= 4 is 5.91 Å². The van der Waals surface area contributed by atoms with Gasteiger partial charge < -0.3 is 15.8 Å². The van der Waals surface area contributed by atoms with Crippen LogP contribution in [0.4, 0.5) is 0 Å². The van der Waals surface area contributed by atoms with Crippen molar-refractivity contribution in [3.63, 3.8) is 0 Å². The minimum atomic E-state index is -0.488. The molecule has 0 aliphatic heterocycles. The number of benzene rings is 1. The van der Waals surface area contributed by atoms with Gasteiger partial charge in [-0.3, -0.25) is 4.79 Å². The van der Waals surface area contributed by atoms with E-state index in [1.165, 1.54) is 0 Å². The Hall–Kier alpha value is -2.34. The Labute approximate surface area is 143 Å². The Balaban J connectivity index is 2.02. The van der Waals surface area contributed by atoms with Gasteiger partial charge in [0.2, 0.25) is 5.91 Å². The van der Waals surface area contributed by atoms with Crippen LogP contribution in [0.15, 0.2) is 36.5 Å². The molecule has 2 rings (SSSR count). The number of carbonyl (C=O) groups is 1. The fourth-order valence-corrected chi connectivity index (χ4v) is 2.65. The predicted molar refractivity (Wildman–Crippen MR) is 94.0 cm³/mol. The summed E-state index contributed by atoms with van der Waals surface area (Å²) in [6, 6.07) is 9.53. The van der Waals surface area contributed by atoms with Crippen molar-refractivity contribution in [3.8, 4) is 11.4 Å². The van der Waals surface area contributed by atoms with E-state index in [1.54, 1.807) is 11.8 Å². The third kappa shape index (κ3) is 3.76. The molecule has 1 heterocycles. The van der Waals surface area contributed by atoms with Crippen molar-refractivity contribution in [3.05, 3.63) is 42.2 Å². The van der Waals surface area contributed by atoms with Crippen LogP contribution in [-0.4, -0.2) is 29.3 Å². The van der Waals surface area contributed by atoms with Crippen LogP contribution in [0.1, 0.15) is 32.4 Å². The highest BCUT2D eigenvalue weighted by molar-refractivity contribution is 5.82. The van der Waals surface area contributed by atoms with Gasteiger partial charge >= 0.3 is 0 Å². The molecule has 0 saturated carbocycles. The lowest BCUT2D eigenvalue weighted by molar-refractivity contribution is -0.131. The van der Waals surface area contributed by atoms with Crippen LogP contribution in [0.25, 0.3) is 5.69 Å². The van der Waals surface area contributed by atoms with E-state index in [0.717, 1.165) is 30.0 Å². The van der Waals surface area contributed by atoms with Gasteiger partial charge in [-0.25, -0.2) is 4.68 Å². The summed E-state index contributed by atoms with van der Waals surface area (Å²) in [4.78, 5) is 12.4. The number of carbonyl (C=O) groups excluding carboxylic acids is 1. The van der Waals surface area contributed by atoms with Gasteiger partial charge in [0.25, 0.3) is 0 Å². The summed E-state index contributed by atoms with van der Waals surface area (Å²) in [5.41, 5.74) is 7.06. The van der Waals surface area contributed by atoms with Gasteiger partial charge in [-0.05, 0) is 43.2 Å². The fourth-order valence-electron chi connectivity index (χ4n) is 2.65. The van der Waals surface area contributed by atoms with Crippen LogP contribution in [0.3, 0.4) is 0 Å². The first-order chi connectivity index (χ1) is 11.6. The lowest BCUT2D eigenvalue weighted by Crippen LogP contribution is -2.45. The molecule has 0 bridgehead atoms. The summed E-state index contributed by atoms with van der Waals surface area (Å²) < 4.78 is 6.93. The number of hydrogen-bond donors (Lipinski definition) is 2. The molecule has 0 atom stereocenters. The van der Waals surface area contributed by atoms with E-state index in [9.17, 15) is 4.79 Å². The molecule has 1 aromatic carbocycles. The molecule has 6 heteroatoms. The Bertz CT molecular complexity index is 652. The SMILES string of the molecule is CCC(CC)(CN)C(=O)NCc1ccn(-c2ccc(OC)cc2)n1. The first-order valence-corrected chi connectivity index (χ1v) is 8.26. The van der Waals surface area contributed by atoms with Gasteiger partial charge in [0.1, 0.15) is 5.75 Å². The molecule has 0 saturated heterocycles. The maximum atomic E-state index is 12.4. The van der Waals surface area contributed by atoms with E-state index in [-0.39, 0.29) is 5.91 Å². The number of methoxy groups -OCH3 is 1. The topological polar surface area (TPSA) is 82.2 Å². The Kier molecular flexibility index (Phi) is 5.98. The summed E-state index contributed by atoms with van der Waals surface area (Å²) >= 11 is 0. The molecule has 0 spiro atoms. The highest BCUT2D eigenvalue weighted by atomic mass is 16.5. The van der Waals surface area contributed by atoms with Crippen molar-refractivity contribution in [2.24, 2.45) is 11.1 Å². The largest absolute Gasteiger partial charge is 0.497 e. The molecule has 6 nitrogen and oxygen atoms in total. The molecule has 0 unspecified atom stereocenters. The van der Waals surface area contributed by atoms with Gasteiger partial charge in [0.15, 0.2) is 0 Å². The molecular formula is C18H26N4O2. The second-order valence-corrected chi connectivity index (χ2v) is 5.82. The molecule has 24 heavy (non-hydrogen) atoms. The van der Waals surface area contributed by atoms with Crippen LogP contribution in [0.2, 0.25) is 0 Å². The van der Waals surface area contributed by atoms with Gasteiger partial charge in [0, 0.05) is 12.7 Å². The van der Waals surface area contributed by atoms with Crippen molar-refractivity contribution in [2.45, 2.75) is 33.2 Å². The molecule has 3 N–H and O–H groups in total. The molecule has 1 aromatic heterocycles. The van der Waals surface area contributed by atoms with E-state index < -0.39 is 5.41 Å². The van der Waals surface area contributed by atoms with Crippen LogP contribution in [-0.2, 0) is 11.3 Å². The maximum absolute atomic E-state index is 12.4. The normalized spacial score (nSPS) is 11.3. The summed E-state index contributed by atoms with van der Waals surface area (Å²) in [6.07, 6.45) is 3.33. The zero-order chi connectivity index (χ0) is 17.6. The smallest absolute Gasteiger partial charge is 0.227 e. The highest BCUT2D eigenvalue weighted by Gasteiger charge is 2.33. The average molecular weight is 330 g/mol. The minimum Gasteiger partial charge on any atom is -0.497 e. The summed E-state index contributed by atoms with van der Waals surface area (Å²) in [5, 5.41) is 7.46. The van der Waals surface area contributed by atoms with Gasteiger partial charge in [-0.2, -0.15) is 5.10 Å². The monoisotopic (exact) mass is 330 g/mol. The van der Waals surface area contributed by atoms with Crippen LogP contribution >= 0.6 is 0 Å².